The first-order valence-electron chi connectivity index (χ1n) is 8.17. The number of ether oxygens (including phenoxy) is 2. The fraction of sp³-hybridized carbons (Fsp3) is 0.444. The average molecular weight is 329 g/mol. The van der Waals surface area contributed by atoms with E-state index < -0.39 is 0 Å². The minimum atomic E-state index is -0.169. The van der Waals surface area contributed by atoms with Gasteiger partial charge in [-0.1, -0.05) is 0 Å². The maximum Gasteiger partial charge on any atom is 0.271 e. The van der Waals surface area contributed by atoms with Crippen molar-refractivity contribution in [2.45, 2.75) is 25.9 Å². The van der Waals surface area contributed by atoms with Gasteiger partial charge in [0.1, 0.15) is 5.75 Å². The van der Waals surface area contributed by atoms with Gasteiger partial charge in [0, 0.05) is 25.8 Å². The highest BCUT2D eigenvalue weighted by molar-refractivity contribution is 5.93. The van der Waals surface area contributed by atoms with Crippen molar-refractivity contribution in [1.29, 1.82) is 0 Å². The zero-order valence-electron chi connectivity index (χ0n) is 14.3. The van der Waals surface area contributed by atoms with E-state index in [9.17, 15) is 4.79 Å². The highest BCUT2D eigenvalue weighted by Crippen LogP contribution is 2.26. The van der Waals surface area contributed by atoms with Crippen molar-refractivity contribution < 1.29 is 14.3 Å². The lowest BCUT2D eigenvalue weighted by atomic mass is 10.1. The van der Waals surface area contributed by atoms with Crippen molar-refractivity contribution in [1.82, 2.24) is 15.1 Å². The first-order valence-corrected chi connectivity index (χ1v) is 8.17. The van der Waals surface area contributed by atoms with Crippen molar-refractivity contribution in [2.24, 2.45) is 7.05 Å². The van der Waals surface area contributed by atoms with E-state index in [0.29, 0.717) is 12.2 Å². The predicted octanol–water partition coefficient (Wildman–Crippen LogP) is 2.31. The van der Waals surface area contributed by atoms with Gasteiger partial charge >= 0.3 is 0 Å². The molecule has 0 radical (unpaired) electrons. The number of carbonyl (C=O) groups is 1. The molecule has 1 aliphatic heterocycles. The molecule has 24 heavy (non-hydrogen) atoms. The lowest BCUT2D eigenvalue weighted by molar-refractivity contribution is 0.0853. The molecule has 0 saturated carbocycles. The van der Waals surface area contributed by atoms with Crippen LogP contribution in [0.2, 0.25) is 0 Å². The minimum Gasteiger partial charge on any atom is -0.496 e. The van der Waals surface area contributed by atoms with Crippen LogP contribution in [0.15, 0.2) is 24.3 Å². The van der Waals surface area contributed by atoms with Crippen LogP contribution >= 0.6 is 0 Å². The van der Waals surface area contributed by atoms with E-state index in [2.05, 4.69) is 10.4 Å². The number of carbonyl (C=O) groups excluding carboxylic acids is 1. The number of rotatable bonds is 5. The van der Waals surface area contributed by atoms with Gasteiger partial charge in [-0.2, -0.15) is 5.10 Å². The van der Waals surface area contributed by atoms with Gasteiger partial charge in [0.2, 0.25) is 0 Å². The first kappa shape index (κ1) is 16.5. The van der Waals surface area contributed by atoms with Crippen LogP contribution in [0.4, 0.5) is 0 Å². The second-order valence-electron chi connectivity index (χ2n) is 6.07. The maximum absolute atomic E-state index is 12.3. The molecule has 1 saturated heterocycles. The average Bonchev–Trinajstić information content (AvgIpc) is 3.22. The third kappa shape index (κ3) is 3.43. The molecule has 1 aromatic carbocycles. The zero-order chi connectivity index (χ0) is 17.1. The normalized spacial score (nSPS) is 17.0. The monoisotopic (exact) mass is 329 g/mol. The van der Waals surface area contributed by atoms with Gasteiger partial charge in [-0.3, -0.25) is 9.48 Å². The smallest absolute Gasteiger partial charge is 0.271 e. The van der Waals surface area contributed by atoms with Gasteiger partial charge in [0.15, 0.2) is 5.69 Å². The Labute approximate surface area is 141 Å². The summed E-state index contributed by atoms with van der Waals surface area (Å²) in [7, 11) is 3.49. The molecule has 0 bridgehead atoms. The van der Waals surface area contributed by atoms with E-state index in [1.807, 2.05) is 38.2 Å². The number of nitrogens with one attached hydrogen (secondary N) is 1. The van der Waals surface area contributed by atoms with Crippen LogP contribution in [0.5, 0.6) is 5.75 Å². The summed E-state index contributed by atoms with van der Waals surface area (Å²) in [5, 5.41) is 7.24. The molecule has 1 aromatic heterocycles. The topological polar surface area (TPSA) is 65.4 Å². The molecule has 1 fully saturated rings. The second kappa shape index (κ2) is 7.05. The summed E-state index contributed by atoms with van der Waals surface area (Å²) in [6.45, 7) is 3.31. The number of amides is 1. The quantitative estimate of drug-likeness (QED) is 0.914. The lowest BCUT2D eigenvalue weighted by Gasteiger charge is -2.09. The highest BCUT2D eigenvalue weighted by Gasteiger charge is 2.19. The van der Waals surface area contributed by atoms with E-state index in [1.165, 1.54) is 0 Å². The van der Waals surface area contributed by atoms with Crippen LogP contribution in [0.3, 0.4) is 0 Å². The molecule has 1 amide bonds. The van der Waals surface area contributed by atoms with E-state index in [-0.39, 0.29) is 12.0 Å². The van der Waals surface area contributed by atoms with Crippen molar-refractivity contribution in [3.8, 4) is 17.0 Å². The van der Waals surface area contributed by atoms with Gasteiger partial charge in [-0.15, -0.1) is 0 Å². The summed E-state index contributed by atoms with van der Waals surface area (Å²) in [6, 6.07) is 7.74. The van der Waals surface area contributed by atoms with Crippen LogP contribution in [0, 0.1) is 6.92 Å². The van der Waals surface area contributed by atoms with Crippen molar-refractivity contribution >= 4 is 5.91 Å². The standard InChI is InChI=1S/C18H23N3O3/c1-12-9-13(6-7-17(12)23-3)16-10-15(20-21(16)2)18(22)19-11-14-5-4-8-24-14/h6-7,9-10,14H,4-5,8,11H2,1-3H3,(H,19,22). The Bertz CT molecular complexity index is 733. The first-order chi connectivity index (χ1) is 11.6. The third-order valence-corrected chi connectivity index (χ3v) is 4.32. The molecule has 2 aromatic rings. The fourth-order valence-electron chi connectivity index (χ4n) is 2.99. The van der Waals surface area contributed by atoms with Gasteiger partial charge in [-0.25, -0.2) is 0 Å². The number of methoxy groups -OCH3 is 1. The van der Waals surface area contributed by atoms with E-state index in [1.54, 1.807) is 11.8 Å². The van der Waals surface area contributed by atoms with Crippen LogP contribution in [-0.4, -0.2) is 42.1 Å². The Kier molecular flexibility index (Phi) is 4.85. The van der Waals surface area contributed by atoms with E-state index in [0.717, 1.165) is 42.0 Å². The number of hydrogen-bond acceptors (Lipinski definition) is 4. The molecule has 6 nitrogen and oxygen atoms in total. The molecular formula is C18H23N3O3. The number of benzene rings is 1. The summed E-state index contributed by atoms with van der Waals surface area (Å²) < 4.78 is 12.5. The molecule has 0 aliphatic carbocycles. The highest BCUT2D eigenvalue weighted by atomic mass is 16.5. The number of aromatic nitrogens is 2. The Hall–Kier alpha value is -2.34. The molecule has 1 N–H and O–H groups in total. The summed E-state index contributed by atoms with van der Waals surface area (Å²) in [6.07, 6.45) is 2.19. The van der Waals surface area contributed by atoms with Gasteiger partial charge in [0.25, 0.3) is 5.91 Å². The lowest BCUT2D eigenvalue weighted by Crippen LogP contribution is -2.32. The number of hydrogen-bond donors (Lipinski definition) is 1. The van der Waals surface area contributed by atoms with E-state index >= 15 is 0 Å². The molecule has 1 aliphatic rings. The van der Waals surface area contributed by atoms with Crippen LogP contribution < -0.4 is 10.1 Å². The Morgan fingerprint density at radius 2 is 2.29 bits per heavy atom. The largest absolute Gasteiger partial charge is 0.496 e. The van der Waals surface area contributed by atoms with E-state index in [4.69, 9.17) is 9.47 Å². The Morgan fingerprint density at radius 3 is 2.96 bits per heavy atom. The molecule has 1 atom stereocenters. The molecule has 0 spiro atoms. The number of aryl methyl sites for hydroxylation is 2. The molecule has 128 valence electrons. The zero-order valence-corrected chi connectivity index (χ0v) is 14.3. The summed E-state index contributed by atoms with van der Waals surface area (Å²) in [4.78, 5) is 12.3. The van der Waals surface area contributed by atoms with Gasteiger partial charge in [0.05, 0.1) is 18.9 Å². The fourth-order valence-corrected chi connectivity index (χ4v) is 2.99. The number of nitrogens with zero attached hydrogens (tertiary/aromatic N) is 2. The van der Waals surface area contributed by atoms with Gasteiger partial charge in [-0.05, 0) is 49.6 Å². The summed E-state index contributed by atoms with van der Waals surface area (Å²) >= 11 is 0. The van der Waals surface area contributed by atoms with Crippen LogP contribution in [0.25, 0.3) is 11.3 Å². The maximum atomic E-state index is 12.3. The van der Waals surface area contributed by atoms with Crippen LogP contribution in [0.1, 0.15) is 28.9 Å². The Balaban J connectivity index is 1.74. The summed E-state index contributed by atoms with van der Waals surface area (Å²) in [5.74, 6) is 0.674. The minimum absolute atomic E-state index is 0.126. The van der Waals surface area contributed by atoms with Crippen molar-refractivity contribution in [2.75, 3.05) is 20.3 Å². The third-order valence-electron chi connectivity index (χ3n) is 4.32. The second-order valence-corrected chi connectivity index (χ2v) is 6.07. The SMILES string of the molecule is COc1ccc(-c2cc(C(=O)NCC3CCCO3)nn2C)cc1C. The molecule has 2 heterocycles. The van der Waals surface area contributed by atoms with Crippen molar-refractivity contribution in [3.63, 3.8) is 0 Å². The predicted molar refractivity (Wildman–Crippen MR) is 91.2 cm³/mol. The Morgan fingerprint density at radius 1 is 1.46 bits per heavy atom. The molecule has 6 heteroatoms. The summed E-state index contributed by atoms with van der Waals surface area (Å²) in [5.41, 5.74) is 3.35. The van der Waals surface area contributed by atoms with Gasteiger partial charge < -0.3 is 14.8 Å². The molecular weight excluding hydrogens is 306 g/mol. The van der Waals surface area contributed by atoms with Crippen molar-refractivity contribution in [3.05, 3.63) is 35.5 Å². The molecule has 1 unspecified atom stereocenters. The molecule has 3 rings (SSSR count). The van der Waals surface area contributed by atoms with Crippen LogP contribution in [-0.2, 0) is 11.8 Å².